The van der Waals surface area contributed by atoms with E-state index >= 15 is 0 Å². The van der Waals surface area contributed by atoms with Gasteiger partial charge in [0.05, 0.1) is 5.69 Å². The number of nitrogens with zero attached hydrogens (tertiary/aromatic N) is 2. The molecule has 0 saturated carbocycles. The van der Waals surface area contributed by atoms with Crippen molar-refractivity contribution in [1.29, 1.82) is 0 Å². The molecule has 0 fully saturated rings. The summed E-state index contributed by atoms with van der Waals surface area (Å²) in [6.45, 7) is 3.92. The van der Waals surface area contributed by atoms with Crippen molar-refractivity contribution in [1.82, 2.24) is 9.38 Å². The van der Waals surface area contributed by atoms with Gasteiger partial charge in [-0.1, -0.05) is 24.3 Å². The number of para-hydroxylation sites is 1. The van der Waals surface area contributed by atoms with Crippen LogP contribution in [-0.4, -0.2) is 21.9 Å². The number of pyridine rings is 1. The van der Waals surface area contributed by atoms with Gasteiger partial charge in [0, 0.05) is 18.0 Å². The minimum absolute atomic E-state index is 0.0777. The first kappa shape index (κ1) is 21.1. The number of hydrogen-bond donors (Lipinski definition) is 1. The molecule has 4 aromatic rings. The molecule has 0 unspecified atom stereocenters. The molecule has 0 saturated heterocycles. The van der Waals surface area contributed by atoms with E-state index in [0.29, 0.717) is 28.5 Å². The van der Waals surface area contributed by atoms with E-state index < -0.39 is 0 Å². The lowest BCUT2D eigenvalue weighted by atomic mass is 10.2. The van der Waals surface area contributed by atoms with Gasteiger partial charge in [0.15, 0.2) is 6.61 Å². The number of hydrogen-bond acceptors (Lipinski definition) is 5. The molecule has 0 atom stereocenters. The summed E-state index contributed by atoms with van der Waals surface area (Å²) in [6, 6.07) is 19.7. The highest BCUT2D eigenvalue weighted by Gasteiger charge is 2.07. The van der Waals surface area contributed by atoms with Gasteiger partial charge in [0.25, 0.3) is 11.5 Å². The molecule has 162 valence electrons. The van der Waals surface area contributed by atoms with Gasteiger partial charge in [-0.25, -0.2) is 4.98 Å². The van der Waals surface area contributed by atoms with Crippen LogP contribution in [0.15, 0.2) is 77.7 Å². The van der Waals surface area contributed by atoms with Crippen LogP contribution in [0.4, 0.5) is 5.69 Å². The highest BCUT2D eigenvalue weighted by atomic mass is 16.5. The van der Waals surface area contributed by atoms with Crippen molar-refractivity contribution >= 4 is 17.2 Å². The number of rotatable bonds is 7. The van der Waals surface area contributed by atoms with Crippen LogP contribution in [0.2, 0.25) is 0 Å². The second-order valence-electron chi connectivity index (χ2n) is 7.39. The predicted molar refractivity (Wildman–Crippen MR) is 122 cm³/mol. The number of aryl methyl sites for hydroxylation is 2. The molecule has 0 aliphatic heterocycles. The Bertz CT molecular complexity index is 1310. The molecule has 4 rings (SSSR count). The van der Waals surface area contributed by atoms with Crippen molar-refractivity contribution in [2.75, 3.05) is 11.9 Å². The summed E-state index contributed by atoms with van der Waals surface area (Å²) in [7, 11) is 0. The molecule has 0 aliphatic carbocycles. The SMILES string of the molecule is Cc1ccccc1OCC(=O)Nc1ccc(OCc2cc(=O)n3cccc(C)c3n2)cc1. The van der Waals surface area contributed by atoms with Crippen LogP contribution in [0, 0.1) is 13.8 Å². The van der Waals surface area contributed by atoms with Crippen molar-refractivity contribution in [2.24, 2.45) is 0 Å². The van der Waals surface area contributed by atoms with Crippen molar-refractivity contribution in [3.05, 3.63) is 100 Å². The zero-order valence-corrected chi connectivity index (χ0v) is 17.9. The minimum Gasteiger partial charge on any atom is -0.487 e. The topological polar surface area (TPSA) is 81.9 Å². The van der Waals surface area contributed by atoms with Gasteiger partial charge >= 0.3 is 0 Å². The number of benzene rings is 2. The molecule has 7 heteroatoms. The highest BCUT2D eigenvalue weighted by Crippen LogP contribution is 2.18. The molecule has 0 spiro atoms. The highest BCUT2D eigenvalue weighted by molar-refractivity contribution is 5.91. The van der Waals surface area contributed by atoms with Crippen molar-refractivity contribution in [3.63, 3.8) is 0 Å². The molecular weight excluding hydrogens is 406 g/mol. The Hall–Kier alpha value is -4.13. The molecule has 0 radical (unpaired) electrons. The molecule has 0 aliphatic rings. The minimum atomic E-state index is -0.252. The molecular formula is C25H23N3O4. The van der Waals surface area contributed by atoms with Gasteiger partial charge in [-0.05, 0) is 61.4 Å². The van der Waals surface area contributed by atoms with E-state index in [0.717, 1.165) is 11.1 Å². The van der Waals surface area contributed by atoms with Crippen LogP contribution in [0.25, 0.3) is 5.65 Å². The third kappa shape index (κ3) is 4.95. The van der Waals surface area contributed by atoms with Crippen molar-refractivity contribution < 1.29 is 14.3 Å². The number of fused-ring (bicyclic) bond motifs is 1. The molecule has 7 nitrogen and oxygen atoms in total. The van der Waals surface area contributed by atoms with Crippen LogP contribution in [-0.2, 0) is 11.4 Å². The van der Waals surface area contributed by atoms with Gasteiger partial charge in [0.1, 0.15) is 23.8 Å². The van der Waals surface area contributed by atoms with Crippen LogP contribution in [0.1, 0.15) is 16.8 Å². The Morgan fingerprint density at radius 1 is 0.969 bits per heavy atom. The van der Waals surface area contributed by atoms with E-state index in [9.17, 15) is 9.59 Å². The molecule has 32 heavy (non-hydrogen) atoms. The van der Waals surface area contributed by atoms with Crippen LogP contribution < -0.4 is 20.3 Å². The zero-order valence-electron chi connectivity index (χ0n) is 17.9. The average molecular weight is 429 g/mol. The normalized spacial score (nSPS) is 10.7. The van der Waals surface area contributed by atoms with E-state index in [1.807, 2.05) is 50.2 Å². The predicted octanol–water partition coefficient (Wildman–Crippen LogP) is 3.91. The Kier molecular flexibility index (Phi) is 6.17. The average Bonchev–Trinajstić information content (AvgIpc) is 2.79. The summed E-state index contributed by atoms with van der Waals surface area (Å²) >= 11 is 0. The molecule has 2 aromatic heterocycles. The number of amides is 1. The maximum atomic E-state index is 12.3. The largest absolute Gasteiger partial charge is 0.487 e. The quantitative estimate of drug-likeness (QED) is 0.482. The maximum Gasteiger partial charge on any atom is 0.262 e. The van der Waals surface area contributed by atoms with E-state index in [-0.39, 0.29) is 24.7 Å². The van der Waals surface area contributed by atoms with Gasteiger partial charge in [-0.2, -0.15) is 0 Å². The lowest BCUT2D eigenvalue weighted by Gasteiger charge is -2.10. The summed E-state index contributed by atoms with van der Waals surface area (Å²) in [5.74, 6) is 1.03. The van der Waals surface area contributed by atoms with Crippen molar-refractivity contribution in [2.45, 2.75) is 20.5 Å². The molecule has 0 bridgehead atoms. The second kappa shape index (κ2) is 9.34. The number of aromatic nitrogens is 2. The van der Waals surface area contributed by atoms with E-state index in [4.69, 9.17) is 9.47 Å². The summed E-state index contributed by atoms with van der Waals surface area (Å²) in [5, 5.41) is 2.79. The Labute approximate surface area is 185 Å². The third-order valence-electron chi connectivity index (χ3n) is 4.92. The van der Waals surface area contributed by atoms with E-state index in [1.54, 1.807) is 30.5 Å². The van der Waals surface area contributed by atoms with Gasteiger partial charge in [-0.3, -0.25) is 14.0 Å². The first-order chi connectivity index (χ1) is 15.5. The third-order valence-corrected chi connectivity index (χ3v) is 4.92. The zero-order chi connectivity index (χ0) is 22.5. The summed E-state index contributed by atoms with van der Waals surface area (Å²) in [6.07, 6.45) is 1.70. The lowest BCUT2D eigenvalue weighted by Crippen LogP contribution is -2.20. The Morgan fingerprint density at radius 2 is 1.72 bits per heavy atom. The first-order valence-electron chi connectivity index (χ1n) is 10.2. The van der Waals surface area contributed by atoms with E-state index in [2.05, 4.69) is 10.3 Å². The second-order valence-corrected chi connectivity index (χ2v) is 7.39. The fraction of sp³-hybridized carbons (Fsp3) is 0.160. The maximum absolute atomic E-state index is 12.3. The first-order valence-corrected chi connectivity index (χ1v) is 10.2. The molecule has 2 aromatic carbocycles. The summed E-state index contributed by atoms with van der Waals surface area (Å²) in [4.78, 5) is 29.0. The van der Waals surface area contributed by atoms with Gasteiger partial charge in [-0.15, -0.1) is 0 Å². The van der Waals surface area contributed by atoms with Gasteiger partial charge in [0.2, 0.25) is 0 Å². The lowest BCUT2D eigenvalue weighted by molar-refractivity contribution is -0.118. The van der Waals surface area contributed by atoms with E-state index in [1.165, 1.54) is 10.5 Å². The number of nitrogens with one attached hydrogen (secondary N) is 1. The summed E-state index contributed by atoms with van der Waals surface area (Å²) in [5.41, 5.74) is 3.54. The number of ether oxygens (including phenoxy) is 2. The van der Waals surface area contributed by atoms with Gasteiger partial charge < -0.3 is 14.8 Å². The smallest absolute Gasteiger partial charge is 0.262 e. The summed E-state index contributed by atoms with van der Waals surface area (Å²) < 4.78 is 12.8. The number of carbonyl (C=O) groups is 1. The monoisotopic (exact) mass is 429 g/mol. The molecule has 1 N–H and O–H groups in total. The van der Waals surface area contributed by atoms with Crippen molar-refractivity contribution in [3.8, 4) is 11.5 Å². The molecule has 1 amide bonds. The molecule has 2 heterocycles. The van der Waals surface area contributed by atoms with Crippen LogP contribution in [0.5, 0.6) is 11.5 Å². The Morgan fingerprint density at radius 3 is 2.50 bits per heavy atom. The fourth-order valence-corrected chi connectivity index (χ4v) is 3.23. The fourth-order valence-electron chi connectivity index (χ4n) is 3.23. The standard InChI is InChI=1S/C25H23N3O4/c1-17-6-3-4-8-22(17)32-16-23(29)26-19-9-11-21(12-10-19)31-15-20-14-24(30)28-13-5-7-18(2)25(28)27-20/h3-14H,15-16H2,1-2H3,(H,26,29). The number of anilines is 1. The van der Waals surface area contributed by atoms with Crippen LogP contribution in [0.3, 0.4) is 0 Å². The Balaban J connectivity index is 1.33. The number of carbonyl (C=O) groups excluding carboxylic acids is 1. The van der Waals surface area contributed by atoms with Crippen LogP contribution >= 0.6 is 0 Å².